The van der Waals surface area contributed by atoms with Crippen molar-refractivity contribution in [3.8, 4) is 11.5 Å². The number of benzene rings is 1. The van der Waals surface area contributed by atoms with Crippen molar-refractivity contribution in [2.75, 3.05) is 19.8 Å². The number of nitrogens with zero attached hydrogens (tertiary/aromatic N) is 1. The molecule has 0 aliphatic rings. The molecule has 0 saturated carbocycles. The Morgan fingerprint density at radius 1 is 1.17 bits per heavy atom. The molecule has 0 aliphatic carbocycles. The van der Waals surface area contributed by atoms with Crippen LogP contribution in [0.4, 0.5) is 0 Å². The van der Waals surface area contributed by atoms with Gasteiger partial charge >= 0.3 is 0 Å². The molecule has 1 aromatic rings. The smallest absolute Gasteiger partial charge is 0.151 e. The number of oxime groups is 1. The van der Waals surface area contributed by atoms with E-state index in [1.165, 1.54) is 0 Å². The van der Waals surface area contributed by atoms with E-state index in [2.05, 4.69) is 5.16 Å². The topological polar surface area (TPSA) is 40.0 Å². The Balaban J connectivity index is 2.69. The fraction of sp³-hybridized carbons (Fsp3) is 0.438. The average Bonchev–Trinajstić information content (AvgIpc) is 2.47. The van der Waals surface area contributed by atoms with Crippen molar-refractivity contribution in [3.63, 3.8) is 0 Å². The molecule has 1 aromatic carbocycles. The zero-order valence-electron chi connectivity index (χ0n) is 13.4. The van der Waals surface area contributed by atoms with Crippen LogP contribution in [-0.2, 0) is 11.3 Å². The lowest BCUT2D eigenvalue weighted by Crippen LogP contribution is -2.07. The monoisotopic (exact) mass is 379 g/mol. The summed E-state index contributed by atoms with van der Waals surface area (Å²) in [7, 11) is 0. The second kappa shape index (κ2) is 10.6. The lowest BCUT2D eigenvalue weighted by molar-refractivity contribution is 0.106. The summed E-state index contributed by atoms with van der Waals surface area (Å²) in [5.74, 6) is 1.26. The zero-order valence-corrected chi connectivity index (χ0v) is 15.6. The van der Waals surface area contributed by atoms with Crippen LogP contribution in [-0.4, -0.2) is 25.5 Å². The van der Waals surface area contributed by atoms with Gasteiger partial charge in [-0.1, -0.05) is 46.9 Å². The van der Waals surface area contributed by atoms with E-state index in [0.717, 1.165) is 17.7 Å². The first-order valence-corrected chi connectivity index (χ1v) is 8.29. The SMILES string of the molecule is CCc1cc(OCC=C(Cl)Cl)cc(Cl)c1OCCON=C(C)C. The number of hydrogen-bond donors (Lipinski definition) is 0. The van der Waals surface area contributed by atoms with E-state index in [0.29, 0.717) is 29.7 Å². The Bertz CT molecular complexity index is 566. The summed E-state index contributed by atoms with van der Waals surface area (Å²) in [6, 6.07) is 3.58. The highest BCUT2D eigenvalue weighted by Crippen LogP contribution is 2.34. The van der Waals surface area contributed by atoms with Gasteiger partial charge in [0.2, 0.25) is 0 Å². The van der Waals surface area contributed by atoms with E-state index < -0.39 is 0 Å². The van der Waals surface area contributed by atoms with Crippen molar-refractivity contribution in [3.05, 3.63) is 33.3 Å². The first kappa shape index (κ1) is 19.9. The van der Waals surface area contributed by atoms with Gasteiger partial charge in [0.1, 0.15) is 29.2 Å². The number of rotatable bonds is 9. The van der Waals surface area contributed by atoms with E-state index in [-0.39, 0.29) is 11.1 Å². The minimum absolute atomic E-state index is 0.164. The summed E-state index contributed by atoms with van der Waals surface area (Å²) in [6.45, 7) is 6.70. The van der Waals surface area contributed by atoms with Crippen LogP contribution in [0.25, 0.3) is 0 Å². The van der Waals surface area contributed by atoms with Crippen molar-refractivity contribution in [1.29, 1.82) is 0 Å². The Hall–Kier alpha value is -1.10. The lowest BCUT2D eigenvalue weighted by Gasteiger charge is -2.14. The summed E-state index contributed by atoms with van der Waals surface area (Å²) in [6.07, 6.45) is 2.31. The summed E-state index contributed by atoms with van der Waals surface area (Å²) in [5, 5.41) is 4.32. The second-order valence-corrected chi connectivity index (χ2v) is 6.19. The summed E-state index contributed by atoms with van der Waals surface area (Å²) in [4.78, 5) is 5.09. The molecule has 0 aromatic heterocycles. The van der Waals surface area contributed by atoms with Crippen LogP contribution in [0.5, 0.6) is 11.5 Å². The molecule has 0 saturated heterocycles. The highest BCUT2D eigenvalue weighted by atomic mass is 35.5. The molecule has 0 radical (unpaired) electrons. The van der Waals surface area contributed by atoms with E-state index in [1.54, 1.807) is 12.1 Å². The molecule has 0 N–H and O–H groups in total. The van der Waals surface area contributed by atoms with Crippen LogP contribution in [0, 0.1) is 0 Å². The van der Waals surface area contributed by atoms with Crippen molar-refractivity contribution in [2.24, 2.45) is 5.16 Å². The van der Waals surface area contributed by atoms with Crippen LogP contribution in [0.1, 0.15) is 26.3 Å². The van der Waals surface area contributed by atoms with Crippen molar-refractivity contribution < 1.29 is 14.3 Å². The second-order valence-electron chi connectivity index (χ2n) is 4.77. The molecule has 4 nitrogen and oxygen atoms in total. The van der Waals surface area contributed by atoms with Gasteiger partial charge in [0, 0.05) is 6.07 Å². The van der Waals surface area contributed by atoms with Crippen molar-refractivity contribution >= 4 is 40.5 Å². The van der Waals surface area contributed by atoms with E-state index in [4.69, 9.17) is 49.1 Å². The first-order chi connectivity index (χ1) is 10.9. The average molecular weight is 381 g/mol. The molecule has 7 heteroatoms. The molecule has 0 spiro atoms. The molecule has 0 atom stereocenters. The summed E-state index contributed by atoms with van der Waals surface area (Å²) < 4.78 is 11.4. The maximum atomic E-state index is 6.28. The molecule has 0 aliphatic heterocycles. The fourth-order valence-corrected chi connectivity index (χ4v) is 2.10. The molecule has 0 fully saturated rings. The summed E-state index contributed by atoms with van der Waals surface area (Å²) >= 11 is 17.4. The highest BCUT2D eigenvalue weighted by Gasteiger charge is 2.11. The molecular weight excluding hydrogens is 361 g/mol. The Morgan fingerprint density at radius 3 is 2.52 bits per heavy atom. The summed E-state index contributed by atoms with van der Waals surface area (Å²) in [5.41, 5.74) is 1.80. The molecule has 0 heterocycles. The van der Waals surface area contributed by atoms with Gasteiger partial charge in [-0.3, -0.25) is 0 Å². The predicted octanol–water partition coefficient (Wildman–Crippen LogP) is 5.39. The molecule has 128 valence electrons. The standard InChI is InChI=1S/C16H20Cl3NO3/c1-4-12-9-13(21-6-5-15(18)19)10-14(17)16(12)22-7-8-23-20-11(2)3/h5,9-10H,4,6-8H2,1-3H3. The number of aryl methyl sites for hydroxylation is 1. The largest absolute Gasteiger partial charge is 0.489 e. The zero-order chi connectivity index (χ0) is 17.2. The minimum Gasteiger partial charge on any atom is -0.489 e. The minimum atomic E-state index is 0.164. The number of halogens is 3. The number of hydrogen-bond acceptors (Lipinski definition) is 4. The van der Waals surface area contributed by atoms with Gasteiger partial charge < -0.3 is 14.3 Å². The predicted molar refractivity (Wildman–Crippen MR) is 96.3 cm³/mol. The van der Waals surface area contributed by atoms with Crippen LogP contribution >= 0.6 is 34.8 Å². The van der Waals surface area contributed by atoms with Crippen molar-refractivity contribution in [1.82, 2.24) is 0 Å². The maximum absolute atomic E-state index is 6.28. The molecule has 1 rings (SSSR count). The number of ether oxygens (including phenoxy) is 2. The molecule has 0 unspecified atom stereocenters. The van der Waals surface area contributed by atoms with Gasteiger partial charge in [0.15, 0.2) is 6.61 Å². The quantitative estimate of drug-likeness (QED) is 0.327. The molecular formula is C16H20Cl3NO3. The Kier molecular flexibility index (Phi) is 9.22. The van der Waals surface area contributed by atoms with E-state index in [9.17, 15) is 0 Å². The van der Waals surface area contributed by atoms with Gasteiger partial charge in [0.05, 0.1) is 10.7 Å². The molecule has 0 bridgehead atoms. The van der Waals surface area contributed by atoms with Crippen LogP contribution in [0.2, 0.25) is 5.02 Å². The van der Waals surface area contributed by atoms with Crippen LogP contribution < -0.4 is 9.47 Å². The van der Waals surface area contributed by atoms with Gasteiger partial charge in [-0.15, -0.1) is 0 Å². The first-order valence-electron chi connectivity index (χ1n) is 7.16. The van der Waals surface area contributed by atoms with Crippen LogP contribution in [0.3, 0.4) is 0 Å². The Labute approximate surface area is 151 Å². The van der Waals surface area contributed by atoms with Gasteiger partial charge in [0.25, 0.3) is 0 Å². The van der Waals surface area contributed by atoms with Gasteiger partial charge in [-0.25, -0.2) is 0 Å². The third-order valence-electron chi connectivity index (χ3n) is 2.63. The molecule has 0 amide bonds. The molecule has 23 heavy (non-hydrogen) atoms. The maximum Gasteiger partial charge on any atom is 0.151 e. The van der Waals surface area contributed by atoms with Crippen molar-refractivity contribution in [2.45, 2.75) is 27.2 Å². The van der Waals surface area contributed by atoms with Gasteiger partial charge in [-0.05, 0) is 38.0 Å². The highest BCUT2D eigenvalue weighted by molar-refractivity contribution is 6.55. The third kappa shape index (κ3) is 7.82. The third-order valence-corrected chi connectivity index (χ3v) is 3.22. The lowest BCUT2D eigenvalue weighted by atomic mass is 10.1. The normalized spacial score (nSPS) is 10.0. The van der Waals surface area contributed by atoms with E-state index in [1.807, 2.05) is 26.8 Å². The van der Waals surface area contributed by atoms with Crippen LogP contribution in [0.15, 0.2) is 27.9 Å². The van der Waals surface area contributed by atoms with Gasteiger partial charge in [-0.2, -0.15) is 0 Å². The Morgan fingerprint density at radius 2 is 1.91 bits per heavy atom. The van der Waals surface area contributed by atoms with E-state index >= 15 is 0 Å². The fourth-order valence-electron chi connectivity index (χ4n) is 1.69.